The van der Waals surface area contributed by atoms with Crippen LogP contribution in [-0.4, -0.2) is 69.0 Å². The maximum atomic E-state index is 12.0. The van der Waals surface area contributed by atoms with E-state index in [1.807, 2.05) is 0 Å². The first-order valence-electron chi connectivity index (χ1n) is 9.68. The molecule has 2 aromatic rings. The highest BCUT2D eigenvalue weighted by molar-refractivity contribution is 5.75. The van der Waals surface area contributed by atoms with Crippen molar-refractivity contribution in [1.29, 1.82) is 0 Å². The standard InChI is InChI=1S/C19H25N5O5/c1-21-9-19(14-6-5-12-18(20)22-10-23-24(12)14)17(27)16(26)13(29-19)8-28-15(25)7-11-3-2-4-11/h5-6,9-11,13,16-17,26-27H,2-4,7-8H2,1H3,(H2,20,22,23)/t13-,16-,17-,19+/m1/s1. The van der Waals surface area contributed by atoms with Crippen LogP contribution in [0.5, 0.6) is 0 Å². The summed E-state index contributed by atoms with van der Waals surface area (Å²) in [6.07, 6.45) is 2.75. The Kier molecular flexibility index (Phi) is 5.24. The fourth-order valence-electron chi connectivity index (χ4n) is 3.97. The molecule has 4 N–H and O–H groups in total. The molecule has 4 atom stereocenters. The largest absolute Gasteiger partial charge is 0.463 e. The number of aliphatic hydroxyl groups is 2. The smallest absolute Gasteiger partial charge is 0.306 e. The summed E-state index contributed by atoms with van der Waals surface area (Å²) in [5.74, 6) is 0.325. The number of aliphatic imine (C=N–C) groups is 1. The molecular formula is C19H25N5O5. The lowest BCUT2D eigenvalue weighted by Crippen LogP contribution is -2.43. The Morgan fingerprint density at radius 2 is 2.28 bits per heavy atom. The number of esters is 1. The monoisotopic (exact) mass is 403 g/mol. The number of nitrogens with two attached hydrogens (primary N) is 1. The minimum Gasteiger partial charge on any atom is -0.463 e. The molecule has 0 amide bonds. The number of rotatable bonds is 6. The second kappa shape index (κ2) is 7.69. The van der Waals surface area contributed by atoms with Gasteiger partial charge in [0.15, 0.2) is 11.4 Å². The Labute approximate surface area is 167 Å². The highest BCUT2D eigenvalue weighted by atomic mass is 16.6. The van der Waals surface area contributed by atoms with Crippen LogP contribution in [0.4, 0.5) is 5.82 Å². The number of anilines is 1. The van der Waals surface area contributed by atoms with Crippen LogP contribution in [0.1, 0.15) is 31.4 Å². The van der Waals surface area contributed by atoms with E-state index in [0.717, 1.165) is 19.3 Å². The highest BCUT2D eigenvalue weighted by Gasteiger charge is 2.56. The molecule has 0 aromatic carbocycles. The zero-order chi connectivity index (χ0) is 20.6. The van der Waals surface area contributed by atoms with Crippen LogP contribution >= 0.6 is 0 Å². The molecule has 2 fully saturated rings. The van der Waals surface area contributed by atoms with E-state index >= 15 is 0 Å². The predicted molar refractivity (Wildman–Crippen MR) is 103 cm³/mol. The van der Waals surface area contributed by atoms with E-state index in [9.17, 15) is 15.0 Å². The Hall–Kier alpha value is -2.56. The number of hydrogen-bond acceptors (Lipinski definition) is 9. The molecule has 29 heavy (non-hydrogen) atoms. The Balaban J connectivity index is 1.58. The first kappa shape index (κ1) is 19.7. The van der Waals surface area contributed by atoms with Gasteiger partial charge in [0.2, 0.25) is 0 Å². The molecule has 4 rings (SSSR count). The van der Waals surface area contributed by atoms with Gasteiger partial charge in [-0.1, -0.05) is 6.42 Å². The molecule has 2 aliphatic rings. The molecule has 10 nitrogen and oxygen atoms in total. The van der Waals surface area contributed by atoms with Crippen LogP contribution in [0.3, 0.4) is 0 Å². The quantitative estimate of drug-likeness (QED) is 0.454. The van der Waals surface area contributed by atoms with Gasteiger partial charge >= 0.3 is 5.97 Å². The molecule has 156 valence electrons. The third-order valence-corrected chi connectivity index (χ3v) is 5.78. The van der Waals surface area contributed by atoms with Gasteiger partial charge in [-0.2, -0.15) is 5.10 Å². The van der Waals surface area contributed by atoms with Crippen LogP contribution in [0.2, 0.25) is 0 Å². The summed E-state index contributed by atoms with van der Waals surface area (Å²) in [6.45, 7) is -0.163. The van der Waals surface area contributed by atoms with Crippen molar-refractivity contribution in [2.24, 2.45) is 10.9 Å². The Morgan fingerprint density at radius 1 is 1.48 bits per heavy atom. The van der Waals surface area contributed by atoms with Crippen molar-refractivity contribution in [2.45, 2.75) is 49.6 Å². The third-order valence-electron chi connectivity index (χ3n) is 5.78. The van der Waals surface area contributed by atoms with Gasteiger partial charge in [-0.05, 0) is 30.9 Å². The topological polar surface area (TPSA) is 145 Å². The average molecular weight is 403 g/mol. The van der Waals surface area contributed by atoms with Crippen LogP contribution in [0.15, 0.2) is 23.5 Å². The fourth-order valence-corrected chi connectivity index (χ4v) is 3.97. The van der Waals surface area contributed by atoms with Crippen molar-refractivity contribution in [3.05, 3.63) is 24.2 Å². The van der Waals surface area contributed by atoms with Crippen LogP contribution in [0, 0.1) is 5.92 Å². The fraction of sp³-hybridized carbons (Fsp3) is 0.579. The van der Waals surface area contributed by atoms with E-state index < -0.39 is 23.9 Å². The second-order valence-corrected chi connectivity index (χ2v) is 7.62. The number of fused-ring (bicyclic) bond motifs is 1. The third kappa shape index (κ3) is 3.37. The molecule has 3 heterocycles. The molecule has 1 aliphatic carbocycles. The number of aliphatic hydroxyl groups excluding tert-OH is 2. The summed E-state index contributed by atoms with van der Waals surface area (Å²) in [7, 11) is 1.54. The van der Waals surface area contributed by atoms with Gasteiger partial charge in [0.25, 0.3) is 0 Å². The number of carbonyl (C=O) groups is 1. The Bertz CT molecular complexity index is 927. The summed E-state index contributed by atoms with van der Waals surface area (Å²) in [4.78, 5) is 20.0. The van der Waals surface area contributed by atoms with Crippen LogP contribution < -0.4 is 5.73 Å². The molecule has 2 aromatic heterocycles. The minimum atomic E-state index is -1.48. The first-order chi connectivity index (χ1) is 14.0. The number of aromatic nitrogens is 3. The lowest BCUT2D eigenvalue weighted by Gasteiger charge is -2.27. The second-order valence-electron chi connectivity index (χ2n) is 7.62. The predicted octanol–water partition coefficient (Wildman–Crippen LogP) is 0.0614. The van der Waals surface area contributed by atoms with E-state index in [-0.39, 0.29) is 18.4 Å². The summed E-state index contributed by atoms with van der Waals surface area (Å²) < 4.78 is 12.9. The van der Waals surface area contributed by atoms with Gasteiger partial charge in [-0.3, -0.25) is 9.79 Å². The molecule has 1 saturated heterocycles. The molecular weight excluding hydrogens is 378 g/mol. The minimum absolute atomic E-state index is 0.163. The SMILES string of the molecule is CN=C[C@@]1(c2ccc3c(N)ncnn23)O[C@H](COC(=O)CC2CCC2)[C@@H](O)[C@H]1O. The number of nitrogen functional groups attached to an aromatic ring is 1. The van der Waals surface area contributed by atoms with E-state index in [0.29, 0.717) is 23.5 Å². The van der Waals surface area contributed by atoms with Gasteiger partial charge in [0.05, 0.1) is 5.69 Å². The maximum Gasteiger partial charge on any atom is 0.306 e. The molecule has 10 heteroatoms. The van der Waals surface area contributed by atoms with Crippen LogP contribution in [-0.2, 0) is 19.9 Å². The normalized spacial score (nSPS) is 30.1. The summed E-state index contributed by atoms with van der Waals surface area (Å²) in [5, 5.41) is 25.7. The Morgan fingerprint density at radius 3 is 2.97 bits per heavy atom. The summed E-state index contributed by atoms with van der Waals surface area (Å²) in [6, 6.07) is 3.38. The molecule has 0 unspecified atom stereocenters. The van der Waals surface area contributed by atoms with E-state index in [4.69, 9.17) is 15.2 Å². The zero-order valence-corrected chi connectivity index (χ0v) is 16.1. The molecule has 0 spiro atoms. The van der Waals surface area contributed by atoms with Crippen molar-refractivity contribution in [1.82, 2.24) is 14.6 Å². The highest BCUT2D eigenvalue weighted by Crippen LogP contribution is 2.40. The average Bonchev–Trinajstić information content (AvgIpc) is 3.20. The van der Waals surface area contributed by atoms with Crippen molar-refractivity contribution >= 4 is 23.5 Å². The lowest BCUT2D eigenvalue weighted by atomic mass is 9.83. The van der Waals surface area contributed by atoms with Gasteiger partial charge in [0, 0.05) is 19.7 Å². The molecule has 1 saturated carbocycles. The molecule has 1 aliphatic heterocycles. The number of hydrogen-bond donors (Lipinski definition) is 3. The number of carbonyl (C=O) groups excluding carboxylic acids is 1. The number of ether oxygens (including phenoxy) is 2. The van der Waals surface area contributed by atoms with Crippen molar-refractivity contribution in [3.8, 4) is 0 Å². The van der Waals surface area contributed by atoms with Crippen LogP contribution in [0.25, 0.3) is 5.52 Å². The molecule has 0 radical (unpaired) electrons. The van der Waals surface area contributed by atoms with E-state index in [2.05, 4.69) is 15.1 Å². The maximum absolute atomic E-state index is 12.0. The first-order valence-corrected chi connectivity index (χ1v) is 9.68. The van der Waals surface area contributed by atoms with Crippen molar-refractivity contribution in [2.75, 3.05) is 19.4 Å². The van der Waals surface area contributed by atoms with Gasteiger partial charge < -0.3 is 25.4 Å². The van der Waals surface area contributed by atoms with Gasteiger partial charge in [0.1, 0.15) is 36.8 Å². The van der Waals surface area contributed by atoms with E-state index in [1.165, 1.54) is 24.1 Å². The summed E-state index contributed by atoms with van der Waals surface area (Å²) >= 11 is 0. The van der Waals surface area contributed by atoms with Gasteiger partial charge in [-0.25, -0.2) is 9.50 Å². The van der Waals surface area contributed by atoms with Crippen molar-refractivity contribution in [3.63, 3.8) is 0 Å². The summed E-state index contributed by atoms with van der Waals surface area (Å²) in [5.41, 5.74) is 5.38. The van der Waals surface area contributed by atoms with Gasteiger partial charge in [-0.15, -0.1) is 0 Å². The van der Waals surface area contributed by atoms with E-state index in [1.54, 1.807) is 12.1 Å². The molecule has 0 bridgehead atoms. The lowest BCUT2D eigenvalue weighted by molar-refractivity contribution is -0.152. The number of nitrogens with zero attached hydrogens (tertiary/aromatic N) is 4. The van der Waals surface area contributed by atoms with Crippen molar-refractivity contribution < 1.29 is 24.5 Å². The zero-order valence-electron chi connectivity index (χ0n) is 16.1.